The Morgan fingerprint density at radius 3 is 2.52 bits per heavy atom. The van der Waals surface area contributed by atoms with Crippen molar-refractivity contribution in [1.29, 1.82) is 0 Å². The van der Waals surface area contributed by atoms with Gasteiger partial charge in [-0.2, -0.15) is 17.5 Å². The first-order valence-corrected chi connectivity index (χ1v) is 11.4. The van der Waals surface area contributed by atoms with Crippen LogP contribution in [0.15, 0.2) is 47.4 Å². The highest BCUT2D eigenvalue weighted by Gasteiger charge is 2.32. The predicted octanol–water partition coefficient (Wildman–Crippen LogP) is 3.00. The van der Waals surface area contributed by atoms with Gasteiger partial charge in [0.15, 0.2) is 0 Å². The van der Waals surface area contributed by atoms with Crippen LogP contribution in [-0.4, -0.2) is 65.3 Å². The molecule has 12 heteroatoms. The summed E-state index contributed by atoms with van der Waals surface area (Å²) in [6.07, 6.45) is -4.63. The fourth-order valence-corrected chi connectivity index (χ4v) is 4.55. The summed E-state index contributed by atoms with van der Waals surface area (Å²) in [6, 6.07) is 8.00. The molecule has 3 rings (SSSR count). The third kappa shape index (κ3) is 6.22. The van der Waals surface area contributed by atoms with Crippen molar-refractivity contribution in [3.8, 4) is 5.75 Å². The van der Waals surface area contributed by atoms with Crippen LogP contribution < -0.4 is 10.1 Å². The van der Waals surface area contributed by atoms with Crippen LogP contribution in [0.1, 0.15) is 15.9 Å². The number of anilines is 1. The molecule has 180 valence electrons. The first-order chi connectivity index (χ1) is 15.6. The number of carbonyl (C=O) groups excluding carboxylic acids is 1. The van der Waals surface area contributed by atoms with Gasteiger partial charge in [0.05, 0.1) is 36.0 Å². The van der Waals surface area contributed by atoms with Gasteiger partial charge >= 0.3 is 6.18 Å². The number of hydrogen-bond donors (Lipinski definition) is 1. The van der Waals surface area contributed by atoms with Gasteiger partial charge in [0.2, 0.25) is 10.0 Å². The predicted molar refractivity (Wildman–Crippen MR) is 113 cm³/mol. The summed E-state index contributed by atoms with van der Waals surface area (Å²) in [5.41, 5.74) is -1.21. The summed E-state index contributed by atoms with van der Waals surface area (Å²) < 4.78 is 81.9. The quantitative estimate of drug-likeness (QED) is 0.575. The van der Waals surface area contributed by atoms with E-state index in [2.05, 4.69) is 5.32 Å². The van der Waals surface area contributed by atoms with E-state index in [4.69, 9.17) is 14.2 Å². The van der Waals surface area contributed by atoms with Crippen molar-refractivity contribution in [2.45, 2.75) is 11.1 Å². The maximum absolute atomic E-state index is 13.2. The number of sulfonamides is 1. The largest absolute Gasteiger partial charge is 0.489 e. The van der Waals surface area contributed by atoms with Crippen molar-refractivity contribution in [1.82, 2.24) is 4.31 Å². The van der Waals surface area contributed by atoms with Gasteiger partial charge in [-0.1, -0.05) is 6.07 Å². The summed E-state index contributed by atoms with van der Waals surface area (Å²) in [6.45, 7) is 1.14. The minimum absolute atomic E-state index is 0.0190. The maximum atomic E-state index is 13.2. The van der Waals surface area contributed by atoms with Crippen molar-refractivity contribution in [2.75, 3.05) is 51.9 Å². The Hall–Kier alpha value is -2.67. The van der Waals surface area contributed by atoms with Crippen LogP contribution in [0.5, 0.6) is 5.75 Å². The summed E-state index contributed by atoms with van der Waals surface area (Å²) in [4.78, 5) is 12.7. The Balaban J connectivity index is 1.86. The minimum atomic E-state index is -4.63. The highest BCUT2D eigenvalue weighted by atomic mass is 32.2. The summed E-state index contributed by atoms with van der Waals surface area (Å²) in [5, 5.41) is 2.39. The first kappa shape index (κ1) is 25.0. The molecule has 0 radical (unpaired) electrons. The van der Waals surface area contributed by atoms with Crippen molar-refractivity contribution >= 4 is 21.6 Å². The van der Waals surface area contributed by atoms with Gasteiger partial charge in [-0.25, -0.2) is 8.42 Å². The molecule has 0 saturated carbocycles. The molecule has 8 nitrogen and oxygen atoms in total. The lowest BCUT2D eigenvalue weighted by Crippen LogP contribution is -2.40. The molecule has 2 aromatic carbocycles. The Morgan fingerprint density at radius 1 is 1.12 bits per heavy atom. The number of methoxy groups -OCH3 is 1. The topological polar surface area (TPSA) is 94.2 Å². The van der Waals surface area contributed by atoms with Crippen molar-refractivity contribution in [3.63, 3.8) is 0 Å². The van der Waals surface area contributed by atoms with Crippen molar-refractivity contribution in [2.24, 2.45) is 0 Å². The van der Waals surface area contributed by atoms with E-state index in [1.54, 1.807) is 0 Å². The van der Waals surface area contributed by atoms with Gasteiger partial charge in [-0.15, -0.1) is 0 Å². The van der Waals surface area contributed by atoms with Crippen LogP contribution in [0.2, 0.25) is 0 Å². The normalized spacial score (nSPS) is 15.3. The molecular formula is C21H23F3N2O6S. The number of halogens is 3. The van der Waals surface area contributed by atoms with E-state index < -0.39 is 27.7 Å². The molecule has 2 aromatic rings. The molecule has 0 atom stereocenters. The van der Waals surface area contributed by atoms with Crippen LogP contribution in [0.4, 0.5) is 18.9 Å². The molecule has 1 heterocycles. The molecule has 1 aliphatic heterocycles. The molecule has 0 bridgehead atoms. The van der Waals surface area contributed by atoms with Crippen molar-refractivity contribution in [3.05, 3.63) is 53.6 Å². The van der Waals surface area contributed by atoms with Crippen LogP contribution in [0.3, 0.4) is 0 Å². The number of rotatable bonds is 8. The maximum Gasteiger partial charge on any atom is 0.416 e. The van der Waals surface area contributed by atoms with Gasteiger partial charge in [-0.3, -0.25) is 4.79 Å². The number of ether oxygens (including phenoxy) is 3. The third-order valence-corrected chi connectivity index (χ3v) is 6.70. The molecule has 0 aliphatic carbocycles. The Labute approximate surface area is 189 Å². The fourth-order valence-electron chi connectivity index (χ4n) is 3.09. The molecule has 0 unspecified atom stereocenters. The Kier molecular flexibility index (Phi) is 7.95. The third-order valence-electron chi connectivity index (χ3n) is 4.80. The number of nitrogens with zero attached hydrogens (tertiary/aromatic N) is 1. The molecule has 0 aromatic heterocycles. The average Bonchev–Trinajstić information content (AvgIpc) is 2.80. The van der Waals surface area contributed by atoms with Crippen LogP contribution >= 0.6 is 0 Å². The minimum Gasteiger partial charge on any atom is -0.489 e. The number of alkyl halides is 3. The van der Waals surface area contributed by atoms with E-state index in [-0.39, 0.29) is 61.4 Å². The van der Waals surface area contributed by atoms with E-state index in [1.807, 2.05) is 0 Å². The monoisotopic (exact) mass is 488 g/mol. The van der Waals surface area contributed by atoms with Gasteiger partial charge < -0.3 is 19.5 Å². The molecule has 33 heavy (non-hydrogen) atoms. The number of benzene rings is 2. The smallest absolute Gasteiger partial charge is 0.416 e. The van der Waals surface area contributed by atoms with Gasteiger partial charge in [-0.05, 0) is 36.4 Å². The molecule has 1 amide bonds. The molecule has 1 N–H and O–H groups in total. The van der Waals surface area contributed by atoms with Gasteiger partial charge in [0.25, 0.3) is 5.91 Å². The zero-order valence-electron chi connectivity index (χ0n) is 17.7. The zero-order chi connectivity index (χ0) is 24.1. The summed E-state index contributed by atoms with van der Waals surface area (Å²) in [7, 11) is -2.41. The number of amides is 1. The highest BCUT2D eigenvalue weighted by Crippen LogP contribution is 2.35. The summed E-state index contributed by atoms with van der Waals surface area (Å²) >= 11 is 0. The molecular weight excluding hydrogens is 465 g/mol. The second-order valence-corrected chi connectivity index (χ2v) is 8.99. The van der Waals surface area contributed by atoms with E-state index >= 15 is 0 Å². The fraction of sp³-hybridized carbons (Fsp3) is 0.381. The van der Waals surface area contributed by atoms with E-state index in [1.165, 1.54) is 35.7 Å². The Bertz CT molecular complexity index is 1090. The van der Waals surface area contributed by atoms with E-state index in [0.29, 0.717) is 0 Å². The Morgan fingerprint density at radius 2 is 1.85 bits per heavy atom. The molecule has 1 aliphatic rings. The summed E-state index contributed by atoms with van der Waals surface area (Å²) in [5.74, 6) is -0.768. The molecule has 1 fully saturated rings. The average molecular weight is 488 g/mol. The van der Waals surface area contributed by atoms with E-state index in [9.17, 15) is 26.4 Å². The number of nitrogens with one attached hydrogen (secondary N) is 1. The zero-order valence-corrected chi connectivity index (χ0v) is 18.5. The molecule has 0 spiro atoms. The van der Waals surface area contributed by atoms with E-state index in [0.717, 1.165) is 18.2 Å². The van der Waals surface area contributed by atoms with Crippen LogP contribution in [0, 0.1) is 0 Å². The van der Waals surface area contributed by atoms with Gasteiger partial charge in [0, 0.05) is 25.8 Å². The lowest BCUT2D eigenvalue weighted by atomic mass is 10.1. The number of hydrogen-bond acceptors (Lipinski definition) is 6. The lowest BCUT2D eigenvalue weighted by molar-refractivity contribution is -0.137. The SMILES string of the molecule is COCCOc1ccc(C(F)(F)F)cc1NC(=O)c1cccc(S(=O)(=O)N2CCOCC2)c1. The van der Waals surface area contributed by atoms with Gasteiger partial charge in [0.1, 0.15) is 12.4 Å². The molecule has 1 saturated heterocycles. The lowest BCUT2D eigenvalue weighted by Gasteiger charge is -2.26. The first-order valence-electron chi connectivity index (χ1n) is 9.95. The second kappa shape index (κ2) is 10.5. The number of carbonyl (C=O) groups is 1. The van der Waals surface area contributed by atoms with Crippen LogP contribution in [-0.2, 0) is 25.7 Å². The second-order valence-electron chi connectivity index (χ2n) is 7.05. The van der Waals surface area contributed by atoms with Crippen LogP contribution in [0.25, 0.3) is 0 Å². The standard InChI is InChI=1S/C21H23F3N2O6S/c1-30-11-12-32-19-6-5-16(21(22,23)24)14-18(19)25-20(27)15-3-2-4-17(13-15)33(28,29)26-7-9-31-10-8-26/h2-6,13-14H,7-12H2,1H3,(H,25,27). The number of morpholine rings is 1. The van der Waals surface area contributed by atoms with Crippen molar-refractivity contribution < 1.29 is 40.6 Å². The highest BCUT2D eigenvalue weighted by molar-refractivity contribution is 7.89.